The summed E-state index contributed by atoms with van der Waals surface area (Å²) in [5.41, 5.74) is 0. The highest BCUT2D eigenvalue weighted by molar-refractivity contribution is 5.79. The molecule has 0 aromatic rings. The van der Waals surface area contributed by atoms with E-state index < -0.39 is 0 Å². The number of nitrogens with one attached hydrogen (secondary N) is 2. The Bertz CT molecular complexity index is 261. The van der Waals surface area contributed by atoms with Crippen LogP contribution in [0, 0.1) is 11.8 Å². The lowest BCUT2D eigenvalue weighted by atomic mass is 9.83. The second kappa shape index (κ2) is 7.01. The minimum atomic E-state index is 0.655. The van der Waals surface area contributed by atoms with Crippen LogP contribution in [-0.4, -0.2) is 25.6 Å². The lowest BCUT2D eigenvalue weighted by Crippen LogP contribution is -2.44. The standard InChI is InChI=1S/C15H29N3/c1-12-7-9-13(10-8-12)11-17-15(16-2)18-14-5-3-4-6-14/h12-14H,3-11H2,1-2H3,(H2,16,17,18). The molecule has 0 spiro atoms. The molecule has 2 rings (SSSR count). The van der Waals surface area contributed by atoms with Gasteiger partial charge in [-0.1, -0.05) is 32.6 Å². The first-order valence-corrected chi connectivity index (χ1v) is 7.75. The molecule has 0 atom stereocenters. The van der Waals surface area contributed by atoms with Crippen LogP contribution in [0.4, 0.5) is 0 Å². The van der Waals surface area contributed by atoms with E-state index in [0.717, 1.165) is 24.3 Å². The van der Waals surface area contributed by atoms with E-state index in [1.165, 1.54) is 51.4 Å². The molecule has 0 aliphatic heterocycles. The van der Waals surface area contributed by atoms with Crippen molar-refractivity contribution in [1.82, 2.24) is 10.6 Å². The van der Waals surface area contributed by atoms with Gasteiger partial charge < -0.3 is 10.6 Å². The molecule has 18 heavy (non-hydrogen) atoms. The molecule has 3 nitrogen and oxygen atoms in total. The van der Waals surface area contributed by atoms with Crippen molar-refractivity contribution in [3.63, 3.8) is 0 Å². The molecular weight excluding hydrogens is 222 g/mol. The van der Waals surface area contributed by atoms with Gasteiger partial charge in [-0.15, -0.1) is 0 Å². The molecule has 0 radical (unpaired) electrons. The third-order valence-electron chi connectivity index (χ3n) is 4.61. The fourth-order valence-corrected chi connectivity index (χ4v) is 3.23. The predicted molar refractivity (Wildman–Crippen MR) is 77.9 cm³/mol. The van der Waals surface area contributed by atoms with Crippen LogP contribution in [-0.2, 0) is 0 Å². The van der Waals surface area contributed by atoms with Crippen molar-refractivity contribution in [3.8, 4) is 0 Å². The van der Waals surface area contributed by atoms with Crippen molar-refractivity contribution in [2.75, 3.05) is 13.6 Å². The zero-order valence-corrected chi connectivity index (χ0v) is 12.0. The Morgan fingerprint density at radius 3 is 2.33 bits per heavy atom. The van der Waals surface area contributed by atoms with Crippen LogP contribution in [0.3, 0.4) is 0 Å². The van der Waals surface area contributed by atoms with Gasteiger partial charge in [-0.05, 0) is 37.5 Å². The van der Waals surface area contributed by atoms with Crippen molar-refractivity contribution >= 4 is 5.96 Å². The third kappa shape index (κ3) is 4.18. The van der Waals surface area contributed by atoms with Gasteiger partial charge in [0.2, 0.25) is 0 Å². The number of hydrogen-bond acceptors (Lipinski definition) is 1. The molecule has 2 fully saturated rings. The van der Waals surface area contributed by atoms with Crippen LogP contribution in [0.1, 0.15) is 58.3 Å². The molecule has 0 amide bonds. The Hall–Kier alpha value is -0.730. The summed E-state index contributed by atoms with van der Waals surface area (Å²) < 4.78 is 0. The van der Waals surface area contributed by atoms with Crippen LogP contribution in [0.25, 0.3) is 0 Å². The van der Waals surface area contributed by atoms with E-state index in [9.17, 15) is 0 Å². The van der Waals surface area contributed by atoms with Gasteiger partial charge >= 0.3 is 0 Å². The Morgan fingerprint density at radius 1 is 1.06 bits per heavy atom. The van der Waals surface area contributed by atoms with Gasteiger partial charge in [-0.2, -0.15) is 0 Å². The maximum atomic E-state index is 4.35. The molecule has 2 N–H and O–H groups in total. The molecule has 0 aromatic heterocycles. The van der Waals surface area contributed by atoms with Gasteiger partial charge in [0.1, 0.15) is 0 Å². The molecule has 0 unspecified atom stereocenters. The number of rotatable bonds is 3. The van der Waals surface area contributed by atoms with Crippen LogP contribution < -0.4 is 10.6 Å². The van der Waals surface area contributed by atoms with E-state index in [1.807, 2.05) is 7.05 Å². The van der Waals surface area contributed by atoms with Gasteiger partial charge in [-0.25, -0.2) is 0 Å². The summed E-state index contributed by atoms with van der Waals surface area (Å²) in [6.07, 6.45) is 10.9. The van der Waals surface area contributed by atoms with Gasteiger partial charge in [0.25, 0.3) is 0 Å². The van der Waals surface area contributed by atoms with Crippen molar-refractivity contribution in [1.29, 1.82) is 0 Å². The minimum Gasteiger partial charge on any atom is -0.356 e. The fraction of sp³-hybridized carbons (Fsp3) is 0.933. The Kier molecular flexibility index (Phi) is 5.33. The van der Waals surface area contributed by atoms with Crippen LogP contribution in [0.15, 0.2) is 4.99 Å². The molecule has 104 valence electrons. The summed E-state index contributed by atoms with van der Waals surface area (Å²) in [5, 5.41) is 7.07. The van der Waals surface area contributed by atoms with E-state index in [-0.39, 0.29) is 0 Å². The smallest absolute Gasteiger partial charge is 0.191 e. The quantitative estimate of drug-likeness (QED) is 0.598. The Morgan fingerprint density at radius 2 is 1.72 bits per heavy atom. The van der Waals surface area contributed by atoms with Crippen molar-refractivity contribution < 1.29 is 0 Å². The first-order valence-electron chi connectivity index (χ1n) is 7.75. The molecular formula is C15H29N3. The van der Waals surface area contributed by atoms with E-state index in [4.69, 9.17) is 0 Å². The number of hydrogen-bond donors (Lipinski definition) is 2. The summed E-state index contributed by atoms with van der Waals surface area (Å²) in [6, 6.07) is 0.655. The molecule has 0 saturated heterocycles. The topological polar surface area (TPSA) is 36.4 Å². The summed E-state index contributed by atoms with van der Waals surface area (Å²) in [7, 11) is 1.88. The van der Waals surface area contributed by atoms with Crippen LogP contribution in [0.2, 0.25) is 0 Å². The van der Waals surface area contributed by atoms with E-state index >= 15 is 0 Å². The van der Waals surface area contributed by atoms with Gasteiger partial charge in [-0.3, -0.25) is 4.99 Å². The molecule has 2 saturated carbocycles. The molecule has 0 heterocycles. The minimum absolute atomic E-state index is 0.655. The maximum absolute atomic E-state index is 4.35. The van der Waals surface area contributed by atoms with E-state index in [1.54, 1.807) is 0 Å². The molecule has 2 aliphatic rings. The average Bonchev–Trinajstić information content (AvgIpc) is 2.89. The van der Waals surface area contributed by atoms with Crippen molar-refractivity contribution in [3.05, 3.63) is 0 Å². The van der Waals surface area contributed by atoms with Gasteiger partial charge in [0.15, 0.2) is 5.96 Å². The third-order valence-corrected chi connectivity index (χ3v) is 4.61. The zero-order valence-electron chi connectivity index (χ0n) is 12.0. The molecule has 3 heteroatoms. The monoisotopic (exact) mass is 251 g/mol. The number of guanidine groups is 1. The average molecular weight is 251 g/mol. The van der Waals surface area contributed by atoms with Crippen molar-refractivity contribution in [2.24, 2.45) is 16.8 Å². The van der Waals surface area contributed by atoms with Crippen LogP contribution >= 0.6 is 0 Å². The summed E-state index contributed by atoms with van der Waals surface area (Å²) in [6.45, 7) is 3.48. The normalized spacial score (nSPS) is 30.4. The lowest BCUT2D eigenvalue weighted by Gasteiger charge is -2.27. The van der Waals surface area contributed by atoms with Gasteiger partial charge in [0, 0.05) is 19.6 Å². The Labute approximate surface area is 112 Å². The fourth-order valence-electron chi connectivity index (χ4n) is 3.23. The highest BCUT2D eigenvalue weighted by Gasteiger charge is 2.19. The highest BCUT2D eigenvalue weighted by atomic mass is 15.2. The molecule has 0 bridgehead atoms. The van der Waals surface area contributed by atoms with E-state index in [2.05, 4.69) is 22.5 Å². The predicted octanol–water partition coefficient (Wildman–Crippen LogP) is 2.92. The second-order valence-corrected chi connectivity index (χ2v) is 6.20. The van der Waals surface area contributed by atoms with E-state index in [0.29, 0.717) is 6.04 Å². The second-order valence-electron chi connectivity index (χ2n) is 6.20. The first-order chi connectivity index (χ1) is 8.78. The SMILES string of the molecule is CN=C(NCC1CCC(C)CC1)NC1CCCC1. The number of aliphatic imine (C=N–C) groups is 1. The van der Waals surface area contributed by atoms with Crippen LogP contribution in [0.5, 0.6) is 0 Å². The lowest BCUT2D eigenvalue weighted by molar-refractivity contribution is 0.289. The maximum Gasteiger partial charge on any atom is 0.191 e. The summed E-state index contributed by atoms with van der Waals surface area (Å²) >= 11 is 0. The van der Waals surface area contributed by atoms with Gasteiger partial charge in [0.05, 0.1) is 0 Å². The zero-order chi connectivity index (χ0) is 12.8. The Balaban J connectivity index is 1.67. The molecule has 0 aromatic carbocycles. The van der Waals surface area contributed by atoms with Crippen molar-refractivity contribution in [2.45, 2.75) is 64.3 Å². The summed E-state index contributed by atoms with van der Waals surface area (Å²) in [4.78, 5) is 4.35. The first kappa shape index (κ1) is 13.7. The largest absolute Gasteiger partial charge is 0.356 e. The highest BCUT2D eigenvalue weighted by Crippen LogP contribution is 2.27. The molecule has 2 aliphatic carbocycles. The number of nitrogens with zero attached hydrogens (tertiary/aromatic N) is 1. The summed E-state index contributed by atoms with van der Waals surface area (Å²) in [5.74, 6) is 2.81.